The van der Waals surface area contributed by atoms with Crippen molar-refractivity contribution in [2.24, 2.45) is 0 Å². The fraction of sp³-hybridized carbons (Fsp3) is 0.444. The van der Waals surface area contributed by atoms with Gasteiger partial charge in [-0.15, -0.1) is 0 Å². The minimum atomic E-state index is -0.457. The van der Waals surface area contributed by atoms with Crippen molar-refractivity contribution >= 4 is 5.97 Å². The monoisotopic (exact) mass is 180 g/mol. The Bertz CT molecular complexity index is 282. The number of hydrogen-bond acceptors (Lipinski definition) is 4. The fourth-order valence-electron chi connectivity index (χ4n) is 0.757. The minimum Gasteiger partial charge on any atom is -0.460 e. The average molecular weight is 180 g/mol. The smallest absolute Gasteiger partial charge is 0.376 e. The van der Waals surface area contributed by atoms with Crippen molar-refractivity contribution in [2.45, 2.75) is 20.3 Å². The Morgan fingerprint density at radius 1 is 1.46 bits per heavy atom. The average Bonchev–Trinajstić information content (AvgIpc) is 2.15. The van der Waals surface area contributed by atoms with Crippen LogP contribution < -0.4 is 0 Å². The molecule has 4 heteroatoms. The molecule has 0 fully saturated rings. The zero-order valence-corrected chi connectivity index (χ0v) is 7.78. The molecule has 13 heavy (non-hydrogen) atoms. The van der Waals surface area contributed by atoms with Crippen LogP contribution in [0, 0.1) is 6.92 Å². The normalized spacial score (nSPS) is 9.69. The van der Waals surface area contributed by atoms with Gasteiger partial charge in [-0.2, -0.15) is 0 Å². The van der Waals surface area contributed by atoms with E-state index in [1.807, 2.05) is 13.8 Å². The minimum absolute atomic E-state index is 0.124. The third kappa shape index (κ3) is 2.82. The van der Waals surface area contributed by atoms with Crippen molar-refractivity contribution in [3.8, 4) is 0 Å². The summed E-state index contributed by atoms with van der Waals surface area (Å²) in [6.45, 7) is 4.21. The number of esters is 1. The Morgan fingerprint density at radius 3 is 2.62 bits per heavy atom. The van der Waals surface area contributed by atoms with Crippen LogP contribution in [0.3, 0.4) is 0 Å². The van der Waals surface area contributed by atoms with E-state index < -0.39 is 5.97 Å². The van der Waals surface area contributed by atoms with Crippen LogP contribution in [-0.4, -0.2) is 22.5 Å². The van der Waals surface area contributed by atoms with Gasteiger partial charge in [-0.1, -0.05) is 6.92 Å². The Morgan fingerprint density at radius 2 is 2.08 bits per heavy atom. The Balaban J connectivity index is 2.61. The van der Waals surface area contributed by atoms with Crippen LogP contribution in [-0.2, 0) is 4.74 Å². The maximum Gasteiger partial charge on any atom is 0.376 e. The van der Waals surface area contributed by atoms with Gasteiger partial charge < -0.3 is 4.74 Å². The predicted molar refractivity (Wildman–Crippen MR) is 47.3 cm³/mol. The van der Waals surface area contributed by atoms with Gasteiger partial charge in [-0.3, -0.25) is 0 Å². The molecule has 1 aromatic heterocycles. The molecule has 1 aromatic rings. The largest absolute Gasteiger partial charge is 0.460 e. The highest BCUT2D eigenvalue weighted by molar-refractivity contribution is 5.84. The van der Waals surface area contributed by atoms with E-state index in [2.05, 4.69) is 9.97 Å². The highest BCUT2D eigenvalue weighted by atomic mass is 16.5. The molecule has 0 bridgehead atoms. The number of carbonyl (C=O) groups excluding carboxylic acids is 1. The van der Waals surface area contributed by atoms with E-state index in [1.165, 1.54) is 0 Å². The number of aryl methyl sites for hydroxylation is 1. The van der Waals surface area contributed by atoms with Gasteiger partial charge in [0.1, 0.15) is 0 Å². The molecule has 0 N–H and O–H groups in total. The van der Waals surface area contributed by atoms with Gasteiger partial charge >= 0.3 is 5.97 Å². The maximum atomic E-state index is 11.2. The zero-order valence-electron chi connectivity index (χ0n) is 7.78. The summed E-state index contributed by atoms with van der Waals surface area (Å²) in [4.78, 5) is 18.9. The topological polar surface area (TPSA) is 52.1 Å². The molecule has 4 nitrogen and oxygen atoms in total. The first-order valence-electron chi connectivity index (χ1n) is 4.19. The van der Waals surface area contributed by atoms with E-state index in [0.717, 1.165) is 12.0 Å². The number of aromatic nitrogens is 2. The Labute approximate surface area is 77.0 Å². The van der Waals surface area contributed by atoms with Crippen molar-refractivity contribution in [3.05, 3.63) is 23.8 Å². The van der Waals surface area contributed by atoms with E-state index >= 15 is 0 Å². The van der Waals surface area contributed by atoms with Crippen LogP contribution >= 0.6 is 0 Å². The molecule has 0 spiro atoms. The molecule has 0 aliphatic carbocycles. The molecule has 0 saturated carbocycles. The first-order chi connectivity index (χ1) is 6.24. The molecule has 1 rings (SSSR count). The second-order valence-corrected chi connectivity index (χ2v) is 2.72. The van der Waals surface area contributed by atoms with Crippen molar-refractivity contribution in [1.82, 2.24) is 9.97 Å². The van der Waals surface area contributed by atoms with Crippen LogP contribution in [0.5, 0.6) is 0 Å². The van der Waals surface area contributed by atoms with Crippen LogP contribution in [0.4, 0.5) is 0 Å². The SMILES string of the molecule is CCCOC(=O)c1ncc(C)cn1. The summed E-state index contributed by atoms with van der Waals surface area (Å²) in [7, 11) is 0. The zero-order chi connectivity index (χ0) is 9.68. The van der Waals surface area contributed by atoms with Crippen LogP contribution in [0.25, 0.3) is 0 Å². The first-order valence-corrected chi connectivity index (χ1v) is 4.19. The summed E-state index contributed by atoms with van der Waals surface area (Å²) in [6, 6.07) is 0. The van der Waals surface area contributed by atoms with Crippen molar-refractivity contribution < 1.29 is 9.53 Å². The van der Waals surface area contributed by atoms with Crippen LogP contribution in [0.2, 0.25) is 0 Å². The highest BCUT2D eigenvalue weighted by Gasteiger charge is 2.08. The molecule has 0 amide bonds. The lowest BCUT2D eigenvalue weighted by molar-refractivity contribution is 0.0490. The highest BCUT2D eigenvalue weighted by Crippen LogP contribution is 1.96. The van der Waals surface area contributed by atoms with Crippen LogP contribution in [0.1, 0.15) is 29.5 Å². The third-order valence-corrected chi connectivity index (χ3v) is 1.40. The van der Waals surface area contributed by atoms with Gasteiger partial charge in [0.2, 0.25) is 5.82 Å². The number of nitrogens with zero attached hydrogens (tertiary/aromatic N) is 2. The summed E-state index contributed by atoms with van der Waals surface area (Å²) in [6.07, 6.45) is 3.99. The van der Waals surface area contributed by atoms with Gasteiger partial charge in [0, 0.05) is 12.4 Å². The molecular formula is C9H12N2O2. The van der Waals surface area contributed by atoms with Gasteiger partial charge in [-0.25, -0.2) is 14.8 Å². The number of carbonyl (C=O) groups is 1. The molecule has 0 saturated heterocycles. The fourth-order valence-corrected chi connectivity index (χ4v) is 0.757. The van der Waals surface area contributed by atoms with E-state index in [1.54, 1.807) is 12.4 Å². The Hall–Kier alpha value is -1.45. The van der Waals surface area contributed by atoms with E-state index in [4.69, 9.17) is 4.74 Å². The molecule has 0 radical (unpaired) electrons. The lowest BCUT2D eigenvalue weighted by atomic mass is 10.4. The Kier molecular flexibility index (Phi) is 3.37. The summed E-state index contributed by atoms with van der Waals surface area (Å²) in [5.41, 5.74) is 0.923. The van der Waals surface area contributed by atoms with E-state index in [9.17, 15) is 4.79 Å². The maximum absolute atomic E-state index is 11.2. The van der Waals surface area contributed by atoms with Crippen molar-refractivity contribution in [2.75, 3.05) is 6.61 Å². The first kappa shape index (κ1) is 9.64. The summed E-state index contributed by atoms with van der Waals surface area (Å²) in [5.74, 6) is -0.332. The number of rotatable bonds is 3. The third-order valence-electron chi connectivity index (χ3n) is 1.40. The quantitative estimate of drug-likeness (QED) is 0.659. The van der Waals surface area contributed by atoms with Gasteiger partial charge in [0.25, 0.3) is 0 Å². The molecule has 0 aromatic carbocycles. The predicted octanol–water partition coefficient (Wildman–Crippen LogP) is 1.35. The number of ether oxygens (including phenoxy) is 1. The lowest BCUT2D eigenvalue weighted by Crippen LogP contribution is -2.10. The molecule has 0 aliphatic heterocycles. The second-order valence-electron chi connectivity index (χ2n) is 2.72. The molecule has 1 heterocycles. The van der Waals surface area contributed by atoms with E-state index in [0.29, 0.717) is 6.61 Å². The molecule has 0 atom stereocenters. The van der Waals surface area contributed by atoms with Gasteiger partial charge in [0.05, 0.1) is 6.61 Å². The molecule has 0 unspecified atom stereocenters. The molecule has 70 valence electrons. The van der Waals surface area contributed by atoms with Crippen molar-refractivity contribution in [3.63, 3.8) is 0 Å². The summed E-state index contributed by atoms with van der Waals surface area (Å²) in [5, 5.41) is 0. The van der Waals surface area contributed by atoms with Crippen molar-refractivity contribution in [1.29, 1.82) is 0 Å². The standard InChI is InChI=1S/C9H12N2O2/c1-3-4-13-9(12)8-10-5-7(2)6-11-8/h5-6H,3-4H2,1-2H3. The van der Waals surface area contributed by atoms with Gasteiger partial charge in [-0.05, 0) is 18.9 Å². The van der Waals surface area contributed by atoms with Gasteiger partial charge in [0.15, 0.2) is 0 Å². The van der Waals surface area contributed by atoms with E-state index in [-0.39, 0.29) is 5.82 Å². The molecule has 0 aliphatic rings. The summed E-state index contributed by atoms with van der Waals surface area (Å²) < 4.78 is 4.85. The van der Waals surface area contributed by atoms with Crippen LogP contribution in [0.15, 0.2) is 12.4 Å². The summed E-state index contributed by atoms with van der Waals surface area (Å²) >= 11 is 0. The number of hydrogen-bond donors (Lipinski definition) is 0. The molecular weight excluding hydrogens is 168 g/mol. The second kappa shape index (κ2) is 4.54. The lowest BCUT2D eigenvalue weighted by Gasteiger charge is -2.00.